The number of anilines is 1. The Morgan fingerprint density at radius 3 is 2.60 bits per heavy atom. The quantitative estimate of drug-likeness (QED) is 0.470. The van der Waals surface area contributed by atoms with Crippen LogP contribution in [0.3, 0.4) is 0 Å². The summed E-state index contributed by atoms with van der Waals surface area (Å²) in [5, 5.41) is 12.8. The fourth-order valence-electron chi connectivity index (χ4n) is 3.23. The summed E-state index contributed by atoms with van der Waals surface area (Å²) < 4.78 is 6.27. The number of aryl methyl sites for hydroxylation is 1. The Morgan fingerprint density at radius 2 is 1.77 bits per heavy atom. The summed E-state index contributed by atoms with van der Waals surface area (Å²) in [4.78, 5) is 8.79. The van der Waals surface area contributed by atoms with E-state index in [1.165, 1.54) is 11.1 Å². The van der Waals surface area contributed by atoms with Gasteiger partial charge in [0.2, 0.25) is 11.0 Å². The molecule has 0 bridgehead atoms. The Labute approximate surface area is 178 Å². The van der Waals surface area contributed by atoms with Crippen LogP contribution >= 0.6 is 11.8 Å². The number of nitrogens with zero attached hydrogens (tertiary/aromatic N) is 4. The number of nitrogens with one attached hydrogen (secondary N) is 1. The van der Waals surface area contributed by atoms with Crippen LogP contribution < -0.4 is 10.1 Å². The van der Waals surface area contributed by atoms with Gasteiger partial charge in [0.15, 0.2) is 11.9 Å². The molecule has 0 unspecified atom stereocenters. The Balaban J connectivity index is 1.48. The summed E-state index contributed by atoms with van der Waals surface area (Å²) in [5.41, 5.74) is 5.89. The van der Waals surface area contributed by atoms with E-state index in [2.05, 4.69) is 51.7 Å². The maximum atomic E-state index is 6.27. The number of para-hydroxylation sites is 1. The number of hydrogen-bond acceptors (Lipinski definition) is 7. The molecule has 148 valence electrons. The highest BCUT2D eigenvalue weighted by Crippen LogP contribution is 2.39. The summed E-state index contributed by atoms with van der Waals surface area (Å²) in [6, 6.07) is 20.3. The SMILES string of the molecule is Cc1ccc(CSc2nnc3c(n2)O[C@H](c2ccncc2)Nc2ccccc2-3)cc1. The molecule has 1 aliphatic heterocycles. The van der Waals surface area contributed by atoms with Crippen molar-refractivity contribution in [1.29, 1.82) is 0 Å². The Hall–Kier alpha value is -3.45. The first-order valence-electron chi connectivity index (χ1n) is 9.62. The van der Waals surface area contributed by atoms with E-state index in [0.717, 1.165) is 22.6 Å². The van der Waals surface area contributed by atoms with Crippen LogP contribution in [0.15, 0.2) is 78.2 Å². The van der Waals surface area contributed by atoms with Crippen LogP contribution in [-0.4, -0.2) is 20.2 Å². The largest absolute Gasteiger partial charge is 0.448 e. The van der Waals surface area contributed by atoms with Crippen LogP contribution in [0.2, 0.25) is 0 Å². The number of fused-ring (bicyclic) bond motifs is 3. The van der Waals surface area contributed by atoms with Gasteiger partial charge in [0.05, 0.1) is 0 Å². The van der Waals surface area contributed by atoms with Crippen LogP contribution in [0.5, 0.6) is 5.88 Å². The second kappa shape index (κ2) is 8.12. The fourth-order valence-corrected chi connectivity index (χ4v) is 3.96. The molecule has 1 N–H and O–H groups in total. The van der Waals surface area contributed by atoms with E-state index >= 15 is 0 Å². The third kappa shape index (κ3) is 3.84. The van der Waals surface area contributed by atoms with Gasteiger partial charge in [-0.15, -0.1) is 10.2 Å². The molecule has 2 aromatic carbocycles. The van der Waals surface area contributed by atoms with Crippen LogP contribution in [0.4, 0.5) is 5.69 Å². The van der Waals surface area contributed by atoms with Gasteiger partial charge in [-0.1, -0.05) is 59.8 Å². The van der Waals surface area contributed by atoms with E-state index in [4.69, 9.17) is 9.72 Å². The maximum Gasteiger partial charge on any atom is 0.247 e. The molecular formula is C23H19N5OS. The van der Waals surface area contributed by atoms with Gasteiger partial charge >= 0.3 is 0 Å². The standard InChI is InChI=1S/C23H19N5OS/c1-15-6-8-16(9-7-15)14-30-23-26-22-20(27-28-23)18-4-2-3-5-19(18)25-21(29-22)17-10-12-24-13-11-17/h2-13,21,25H,14H2,1H3/t21-/m1/s1. The number of pyridine rings is 1. The van der Waals surface area contributed by atoms with Gasteiger partial charge in [-0.3, -0.25) is 4.98 Å². The van der Waals surface area contributed by atoms with E-state index in [-0.39, 0.29) is 0 Å². The van der Waals surface area contributed by atoms with Crippen LogP contribution in [0.1, 0.15) is 22.9 Å². The van der Waals surface area contributed by atoms with Crippen molar-refractivity contribution in [2.75, 3.05) is 5.32 Å². The van der Waals surface area contributed by atoms with Gasteiger partial charge < -0.3 is 10.1 Å². The highest BCUT2D eigenvalue weighted by atomic mass is 32.2. The number of hydrogen-bond donors (Lipinski definition) is 1. The lowest BCUT2D eigenvalue weighted by Crippen LogP contribution is -2.17. The molecule has 1 aliphatic rings. The minimum atomic E-state index is -0.401. The molecule has 0 aliphatic carbocycles. The second-order valence-corrected chi connectivity index (χ2v) is 7.93. The summed E-state index contributed by atoms with van der Waals surface area (Å²) in [5.74, 6) is 1.24. The van der Waals surface area contributed by atoms with E-state index in [0.29, 0.717) is 16.7 Å². The molecule has 4 aromatic rings. The first-order chi connectivity index (χ1) is 14.8. The van der Waals surface area contributed by atoms with E-state index in [1.54, 1.807) is 24.2 Å². The number of ether oxygens (including phenoxy) is 1. The molecule has 5 rings (SSSR count). The van der Waals surface area contributed by atoms with Crippen molar-refractivity contribution in [2.24, 2.45) is 0 Å². The lowest BCUT2D eigenvalue weighted by Gasteiger charge is -2.19. The lowest BCUT2D eigenvalue weighted by molar-refractivity contribution is 0.225. The summed E-state index contributed by atoms with van der Waals surface area (Å²) in [6.45, 7) is 2.08. The molecule has 6 nitrogen and oxygen atoms in total. The smallest absolute Gasteiger partial charge is 0.247 e. The number of benzene rings is 2. The van der Waals surface area contributed by atoms with Crippen LogP contribution in [-0.2, 0) is 5.75 Å². The average molecular weight is 414 g/mol. The molecule has 0 amide bonds. The average Bonchev–Trinajstić information content (AvgIpc) is 2.96. The third-order valence-electron chi connectivity index (χ3n) is 4.83. The van der Waals surface area contributed by atoms with Crippen molar-refractivity contribution < 1.29 is 4.74 Å². The summed E-state index contributed by atoms with van der Waals surface area (Å²) >= 11 is 1.54. The zero-order valence-electron chi connectivity index (χ0n) is 16.3. The number of thioether (sulfide) groups is 1. The van der Waals surface area contributed by atoms with Crippen LogP contribution in [0.25, 0.3) is 11.3 Å². The molecule has 30 heavy (non-hydrogen) atoms. The number of rotatable bonds is 4. The summed E-state index contributed by atoms with van der Waals surface area (Å²) in [7, 11) is 0. The zero-order valence-corrected chi connectivity index (χ0v) is 17.1. The normalized spacial score (nSPS) is 14.6. The van der Waals surface area contributed by atoms with Crippen molar-refractivity contribution in [3.63, 3.8) is 0 Å². The van der Waals surface area contributed by atoms with Crippen molar-refractivity contribution in [2.45, 2.75) is 24.1 Å². The predicted molar refractivity (Wildman–Crippen MR) is 117 cm³/mol. The molecule has 2 aromatic heterocycles. The topological polar surface area (TPSA) is 72.8 Å². The minimum absolute atomic E-state index is 0.401. The van der Waals surface area contributed by atoms with Gasteiger partial charge in [-0.25, -0.2) is 0 Å². The molecular weight excluding hydrogens is 394 g/mol. The summed E-state index contributed by atoms with van der Waals surface area (Å²) in [6.07, 6.45) is 3.10. The van der Waals surface area contributed by atoms with Gasteiger partial charge in [-0.2, -0.15) is 4.98 Å². The zero-order chi connectivity index (χ0) is 20.3. The number of aromatic nitrogens is 4. The Kier molecular flexibility index (Phi) is 5.03. The highest BCUT2D eigenvalue weighted by molar-refractivity contribution is 7.98. The minimum Gasteiger partial charge on any atom is -0.448 e. The first kappa shape index (κ1) is 18.6. The molecule has 1 atom stereocenters. The molecule has 0 saturated heterocycles. The highest BCUT2D eigenvalue weighted by Gasteiger charge is 2.25. The molecule has 0 radical (unpaired) electrons. The molecule has 0 fully saturated rings. The van der Waals surface area contributed by atoms with E-state index < -0.39 is 6.23 Å². The molecule has 3 heterocycles. The van der Waals surface area contributed by atoms with E-state index in [9.17, 15) is 0 Å². The molecule has 0 spiro atoms. The van der Waals surface area contributed by atoms with Gasteiger partial charge in [0.25, 0.3) is 0 Å². The maximum absolute atomic E-state index is 6.27. The fraction of sp³-hybridized carbons (Fsp3) is 0.130. The van der Waals surface area contributed by atoms with Crippen molar-refractivity contribution >= 4 is 17.4 Å². The Morgan fingerprint density at radius 1 is 0.967 bits per heavy atom. The van der Waals surface area contributed by atoms with Crippen molar-refractivity contribution in [1.82, 2.24) is 20.2 Å². The Bertz CT molecular complexity index is 1170. The third-order valence-corrected chi connectivity index (χ3v) is 5.74. The van der Waals surface area contributed by atoms with Gasteiger partial charge in [0.1, 0.15) is 0 Å². The van der Waals surface area contributed by atoms with Gasteiger partial charge in [0, 0.05) is 35.0 Å². The molecule has 7 heteroatoms. The molecule has 0 saturated carbocycles. The second-order valence-electron chi connectivity index (χ2n) is 6.99. The van der Waals surface area contributed by atoms with Crippen molar-refractivity contribution in [3.8, 4) is 17.1 Å². The van der Waals surface area contributed by atoms with Crippen LogP contribution in [0, 0.1) is 6.92 Å². The monoisotopic (exact) mass is 413 g/mol. The predicted octanol–water partition coefficient (Wildman–Crippen LogP) is 5.04. The first-order valence-corrected chi connectivity index (χ1v) is 10.6. The lowest BCUT2D eigenvalue weighted by atomic mass is 10.1. The van der Waals surface area contributed by atoms with E-state index in [1.807, 2.05) is 36.4 Å². The van der Waals surface area contributed by atoms with Crippen molar-refractivity contribution in [3.05, 3.63) is 89.7 Å². The van der Waals surface area contributed by atoms with Gasteiger partial charge in [-0.05, 0) is 30.7 Å².